The van der Waals surface area contributed by atoms with Crippen molar-refractivity contribution in [2.45, 2.75) is 151 Å². The minimum atomic E-state index is -1.32. The molecule has 0 atom stereocenters. The first kappa shape index (κ1) is 33.0. The van der Waals surface area contributed by atoms with Crippen LogP contribution in [0.15, 0.2) is 24.0 Å². The molecule has 0 aromatic heterocycles. The molecule has 204 valence electrons. The predicted octanol–water partition coefficient (Wildman–Crippen LogP) is 12.0. The average molecular weight is 611 g/mol. The Morgan fingerprint density at radius 1 is 0.486 bits per heavy atom. The van der Waals surface area contributed by atoms with E-state index in [9.17, 15) is 0 Å². The monoisotopic (exact) mass is 610 g/mol. The summed E-state index contributed by atoms with van der Waals surface area (Å²) in [5.74, 6) is 0. The number of rotatable bonds is 6. The van der Waals surface area contributed by atoms with E-state index in [-0.39, 0.29) is 0 Å². The van der Waals surface area contributed by atoms with Gasteiger partial charge in [-0.25, -0.2) is 0 Å². The lowest BCUT2D eigenvalue weighted by atomic mass is 10.00. The molecule has 0 aromatic carbocycles. The molecule has 0 heterocycles. The number of hydrogen-bond acceptors (Lipinski definition) is 3. The first-order valence-corrected chi connectivity index (χ1v) is 23.5. The van der Waals surface area contributed by atoms with Crippen LogP contribution >= 0.6 is 46.7 Å². The zero-order valence-electron chi connectivity index (χ0n) is 22.0. The van der Waals surface area contributed by atoms with Crippen LogP contribution in [0.4, 0.5) is 0 Å². The van der Waals surface area contributed by atoms with E-state index >= 15 is 0 Å². The molecule has 0 unspecified atom stereocenters. The second-order valence-electron chi connectivity index (χ2n) is 11.0. The van der Waals surface area contributed by atoms with E-state index in [0.29, 0.717) is 0 Å². The van der Waals surface area contributed by atoms with Gasteiger partial charge < -0.3 is 0 Å². The lowest BCUT2D eigenvalue weighted by molar-refractivity contribution is 0.488. The minimum Gasteiger partial charge on any atom is -0.140 e. The summed E-state index contributed by atoms with van der Waals surface area (Å²) >= 11 is 23.4. The van der Waals surface area contributed by atoms with Crippen LogP contribution in [0, 0.1) is 0 Å². The van der Waals surface area contributed by atoms with Crippen LogP contribution in [0.5, 0.6) is 0 Å². The molecule has 35 heavy (non-hydrogen) atoms. The fourth-order valence-corrected chi connectivity index (χ4v) is 17.5. The van der Waals surface area contributed by atoms with Crippen molar-refractivity contribution in [3.8, 4) is 0 Å². The zero-order chi connectivity index (χ0) is 25.6. The Morgan fingerprint density at radius 2 is 0.686 bits per heavy atom. The highest BCUT2D eigenvalue weighted by molar-refractivity contribution is 8.64. The molecule has 4 aliphatic carbocycles. The molecule has 0 amide bonds. The van der Waals surface area contributed by atoms with Gasteiger partial charge in [0.25, 0.3) is 0 Å². The van der Waals surface area contributed by atoms with Crippen molar-refractivity contribution in [1.29, 1.82) is 0 Å². The van der Waals surface area contributed by atoms with E-state index in [4.69, 9.17) is 48.1 Å². The Bertz CT molecular complexity index is 583. The second kappa shape index (κ2) is 18.2. The van der Waals surface area contributed by atoms with Gasteiger partial charge in [0, 0.05) is 10.5 Å². The van der Waals surface area contributed by atoms with Gasteiger partial charge in [-0.05, 0) is 84.8 Å². The molecule has 0 spiro atoms. The van der Waals surface area contributed by atoms with Gasteiger partial charge in [0.2, 0.25) is 0 Å². The van der Waals surface area contributed by atoms with Crippen molar-refractivity contribution in [2.24, 2.45) is 0 Å². The molecule has 0 aromatic rings. The van der Waals surface area contributed by atoms with E-state index in [1.54, 1.807) is 10.8 Å². The molecule has 0 aliphatic heterocycles. The van der Waals surface area contributed by atoms with E-state index < -0.39 is 10.5 Å². The minimum absolute atomic E-state index is 0.827. The van der Waals surface area contributed by atoms with E-state index in [0.717, 1.165) is 22.6 Å². The number of thiol groups is 2. The van der Waals surface area contributed by atoms with Crippen LogP contribution < -0.4 is 0 Å². The van der Waals surface area contributed by atoms with Crippen LogP contribution in [0.1, 0.15) is 128 Å². The van der Waals surface area contributed by atoms with Gasteiger partial charge in [-0.1, -0.05) is 114 Å². The van der Waals surface area contributed by atoms with Crippen LogP contribution in [0.25, 0.3) is 0 Å². The molecule has 0 radical (unpaired) electrons. The lowest BCUT2D eigenvalue weighted by Gasteiger charge is -2.38. The van der Waals surface area contributed by atoms with Crippen molar-refractivity contribution >= 4 is 70.4 Å². The molecule has 0 bridgehead atoms. The zero-order valence-corrected chi connectivity index (χ0v) is 28.1. The Morgan fingerprint density at radius 3 is 0.829 bits per heavy atom. The Labute approximate surface area is 243 Å². The van der Waals surface area contributed by atoms with Crippen LogP contribution in [-0.2, 0) is 23.6 Å². The summed E-state index contributed by atoms with van der Waals surface area (Å²) in [5, 5.41) is 0.827. The van der Waals surface area contributed by atoms with E-state index in [2.05, 4.69) is 13.2 Å². The van der Waals surface area contributed by atoms with Crippen LogP contribution in [0.3, 0.4) is 0 Å². The maximum absolute atomic E-state index is 5.96. The number of hydrogen-bond donors (Lipinski definition) is 2. The standard InChI is InChI=1S/2C12H23PS2.C4H6S/c2*14-13(15,11-7-3-1-4-8-11)12-9-5-2-6-10-12;1-3-5-4-2/h2*11-12H,1-10H2,(H,14,15);3-4H,1-2H2. The van der Waals surface area contributed by atoms with Gasteiger partial charge >= 0.3 is 0 Å². The normalized spacial score (nSPS) is 23.8. The third-order valence-corrected chi connectivity index (χ3v) is 22.7. The summed E-state index contributed by atoms with van der Waals surface area (Å²) in [6.45, 7) is 6.88. The fourth-order valence-electron chi connectivity index (χ4n) is 6.47. The topological polar surface area (TPSA) is 0 Å². The highest BCUT2D eigenvalue weighted by Gasteiger charge is 2.35. The van der Waals surface area contributed by atoms with Crippen molar-refractivity contribution in [3.05, 3.63) is 24.0 Å². The molecule has 4 aliphatic rings. The third-order valence-electron chi connectivity index (χ3n) is 8.58. The first-order valence-electron chi connectivity index (χ1n) is 14.4. The molecule has 4 rings (SSSR count). The van der Waals surface area contributed by atoms with Gasteiger partial charge in [0.05, 0.1) is 0 Å². The summed E-state index contributed by atoms with van der Waals surface area (Å²) in [4.78, 5) is 0. The van der Waals surface area contributed by atoms with Gasteiger partial charge in [0.15, 0.2) is 0 Å². The van der Waals surface area contributed by atoms with Crippen molar-refractivity contribution < 1.29 is 0 Å². The molecule has 0 saturated heterocycles. The first-order chi connectivity index (χ1) is 16.8. The third kappa shape index (κ3) is 11.5. The molecule has 7 heteroatoms. The largest absolute Gasteiger partial charge is 0.140 e. The summed E-state index contributed by atoms with van der Waals surface area (Å²) in [7, 11) is 0. The quantitative estimate of drug-likeness (QED) is 0.227. The lowest BCUT2D eigenvalue weighted by Crippen LogP contribution is -2.20. The second-order valence-corrected chi connectivity index (χ2v) is 26.8. The van der Waals surface area contributed by atoms with Gasteiger partial charge in [0.1, 0.15) is 0 Å². The van der Waals surface area contributed by atoms with Crippen LogP contribution in [-0.4, -0.2) is 22.6 Å². The molecular formula is C28H52P2S5. The van der Waals surface area contributed by atoms with Crippen LogP contribution in [0.2, 0.25) is 0 Å². The van der Waals surface area contributed by atoms with E-state index in [1.807, 2.05) is 0 Å². The maximum atomic E-state index is 5.96. The highest BCUT2D eigenvalue weighted by atomic mass is 32.9. The smallest absolute Gasteiger partial charge is 0.00931 e. The Kier molecular flexibility index (Phi) is 17.2. The molecule has 4 saturated carbocycles. The highest BCUT2D eigenvalue weighted by Crippen LogP contribution is 2.67. The maximum Gasteiger partial charge on any atom is 0.00931 e. The van der Waals surface area contributed by atoms with Crippen molar-refractivity contribution in [2.75, 3.05) is 0 Å². The van der Waals surface area contributed by atoms with Crippen molar-refractivity contribution in [3.63, 3.8) is 0 Å². The molecule has 0 nitrogen and oxygen atoms in total. The fraction of sp³-hybridized carbons (Fsp3) is 0.857. The molecular weight excluding hydrogens is 559 g/mol. The van der Waals surface area contributed by atoms with Gasteiger partial charge in [-0.2, -0.15) is 0 Å². The summed E-state index contributed by atoms with van der Waals surface area (Å²) in [5.41, 5.74) is 3.31. The Balaban J connectivity index is 0.000000208. The molecule has 4 fully saturated rings. The average Bonchev–Trinajstić information content (AvgIpc) is 2.92. The Hall–Kier alpha value is 1.83. The van der Waals surface area contributed by atoms with Gasteiger partial charge in [-0.3, -0.25) is 0 Å². The summed E-state index contributed by atoms with van der Waals surface area (Å²) in [6, 6.07) is 0. The van der Waals surface area contributed by atoms with E-state index in [1.165, 1.54) is 140 Å². The van der Waals surface area contributed by atoms with Gasteiger partial charge in [-0.15, -0.1) is 36.3 Å². The molecule has 0 N–H and O–H groups in total. The summed E-state index contributed by atoms with van der Waals surface area (Å²) in [6.07, 6.45) is 28.1. The van der Waals surface area contributed by atoms with Crippen molar-refractivity contribution in [1.82, 2.24) is 0 Å². The summed E-state index contributed by atoms with van der Waals surface area (Å²) < 4.78 is 0. The predicted molar refractivity (Wildman–Crippen MR) is 182 cm³/mol. The SMILES string of the molecule is C=CSC=C.S=P(S)(C1CCCCC1)C1CCCCC1.S=P(S)(C1CCCCC1)C1CCCCC1. The number of thioether (sulfide) groups is 1.